The number of benzene rings is 2. The molecule has 1 saturated carbocycles. The summed E-state index contributed by atoms with van der Waals surface area (Å²) >= 11 is 5.77. The lowest BCUT2D eigenvalue weighted by atomic mass is 9.87. The summed E-state index contributed by atoms with van der Waals surface area (Å²) in [6.45, 7) is -0.0741. The number of hydrogen-bond acceptors (Lipinski definition) is 4. The van der Waals surface area contributed by atoms with Gasteiger partial charge in [-0.2, -0.15) is 13.2 Å². The molecule has 188 valence electrons. The summed E-state index contributed by atoms with van der Waals surface area (Å²) in [4.78, 5) is 35.5. The van der Waals surface area contributed by atoms with E-state index in [2.05, 4.69) is 10.6 Å². The van der Waals surface area contributed by atoms with Crippen molar-refractivity contribution < 1.29 is 37.4 Å². The number of amides is 2. The predicted octanol–water partition coefficient (Wildman–Crippen LogP) is 4.54. The molecule has 11 heteroatoms. The van der Waals surface area contributed by atoms with Crippen LogP contribution in [0.25, 0.3) is 0 Å². The second-order valence-electron chi connectivity index (χ2n) is 8.15. The number of carboxylic acids is 1. The number of ether oxygens (including phenoxy) is 1. The minimum absolute atomic E-state index is 0.00869. The SMILES string of the molecule is O=C(NCCNC(=O)c1ccc(O[C@H]2CC[C@@H](C(=O)O)CC2)cc1C(F)(F)F)c1ccc(Cl)cc1. The molecule has 3 N–H and O–H groups in total. The van der Waals surface area contributed by atoms with Gasteiger partial charge in [0, 0.05) is 23.7 Å². The largest absolute Gasteiger partial charge is 0.490 e. The van der Waals surface area contributed by atoms with E-state index in [1.54, 1.807) is 12.1 Å². The van der Waals surface area contributed by atoms with Crippen LogP contribution in [0.5, 0.6) is 5.75 Å². The Morgan fingerprint density at radius 1 is 0.943 bits per heavy atom. The van der Waals surface area contributed by atoms with Crippen molar-refractivity contribution in [2.45, 2.75) is 38.0 Å². The Labute approximate surface area is 204 Å². The average molecular weight is 513 g/mol. The number of nitrogens with one attached hydrogen (secondary N) is 2. The molecular formula is C24H24ClF3N2O5. The Morgan fingerprint density at radius 2 is 1.54 bits per heavy atom. The fourth-order valence-electron chi connectivity index (χ4n) is 3.80. The molecule has 2 amide bonds. The first kappa shape index (κ1) is 26.3. The Hall–Kier alpha value is -3.27. The molecule has 1 aliphatic rings. The van der Waals surface area contributed by atoms with Gasteiger partial charge in [0.1, 0.15) is 5.75 Å². The van der Waals surface area contributed by atoms with Crippen LogP contribution < -0.4 is 15.4 Å². The number of alkyl halides is 3. The highest BCUT2D eigenvalue weighted by molar-refractivity contribution is 6.30. The minimum atomic E-state index is -4.80. The van der Waals surface area contributed by atoms with Crippen LogP contribution in [0.1, 0.15) is 52.0 Å². The monoisotopic (exact) mass is 512 g/mol. The van der Waals surface area contributed by atoms with Gasteiger partial charge in [0.15, 0.2) is 0 Å². The molecule has 0 atom stereocenters. The second kappa shape index (κ2) is 11.4. The molecule has 0 saturated heterocycles. The lowest BCUT2D eigenvalue weighted by Gasteiger charge is -2.27. The van der Waals surface area contributed by atoms with E-state index in [1.807, 2.05) is 0 Å². The van der Waals surface area contributed by atoms with Crippen LogP contribution in [-0.2, 0) is 11.0 Å². The first-order chi connectivity index (χ1) is 16.5. The lowest BCUT2D eigenvalue weighted by molar-refractivity contribution is -0.143. The van der Waals surface area contributed by atoms with Crippen molar-refractivity contribution >= 4 is 29.4 Å². The number of aliphatic carboxylic acids is 1. The van der Waals surface area contributed by atoms with Crippen LogP contribution in [0.2, 0.25) is 5.02 Å². The fraction of sp³-hybridized carbons (Fsp3) is 0.375. The number of hydrogen-bond donors (Lipinski definition) is 3. The second-order valence-corrected chi connectivity index (χ2v) is 8.59. The maximum atomic E-state index is 13.7. The van der Waals surface area contributed by atoms with Crippen molar-refractivity contribution in [1.29, 1.82) is 0 Å². The average Bonchev–Trinajstić information content (AvgIpc) is 2.81. The van der Waals surface area contributed by atoms with Crippen LogP contribution in [0, 0.1) is 5.92 Å². The zero-order chi connectivity index (χ0) is 25.6. The summed E-state index contributed by atoms with van der Waals surface area (Å²) in [5.74, 6) is -2.74. The highest BCUT2D eigenvalue weighted by atomic mass is 35.5. The Morgan fingerprint density at radius 3 is 2.11 bits per heavy atom. The minimum Gasteiger partial charge on any atom is -0.490 e. The zero-order valence-electron chi connectivity index (χ0n) is 18.5. The highest BCUT2D eigenvalue weighted by Gasteiger charge is 2.36. The fourth-order valence-corrected chi connectivity index (χ4v) is 3.93. The molecule has 0 heterocycles. The summed E-state index contributed by atoms with van der Waals surface area (Å²) in [6.07, 6.45) is -3.57. The molecular weight excluding hydrogens is 489 g/mol. The van der Waals surface area contributed by atoms with Gasteiger partial charge in [0.25, 0.3) is 11.8 Å². The number of carboxylic acid groups (broad SMARTS) is 1. The van der Waals surface area contributed by atoms with Gasteiger partial charge in [-0.25, -0.2) is 0 Å². The van der Waals surface area contributed by atoms with Gasteiger partial charge in [-0.3, -0.25) is 14.4 Å². The molecule has 0 spiro atoms. The summed E-state index contributed by atoms with van der Waals surface area (Å²) in [6, 6.07) is 9.25. The van der Waals surface area contributed by atoms with Gasteiger partial charge < -0.3 is 20.5 Å². The van der Waals surface area contributed by atoms with Crippen molar-refractivity contribution in [2.24, 2.45) is 5.92 Å². The van der Waals surface area contributed by atoms with Crippen molar-refractivity contribution in [3.63, 3.8) is 0 Å². The molecule has 0 aliphatic heterocycles. The van der Waals surface area contributed by atoms with Gasteiger partial charge in [-0.05, 0) is 68.1 Å². The van der Waals surface area contributed by atoms with Crippen molar-refractivity contribution in [1.82, 2.24) is 10.6 Å². The van der Waals surface area contributed by atoms with Gasteiger partial charge >= 0.3 is 12.1 Å². The molecule has 7 nitrogen and oxygen atoms in total. The van der Waals surface area contributed by atoms with E-state index in [9.17, 15) is 27.6 Å². The summed E-state index contributed by atoms with van der Waals surface area (Å²) in [5.41, 5.74) is -1.35. The lowest BCUT2D eigenvalue weighted by Crippen LogP contribution is -2.35. The maximum Gasteiger partial charge on any atom is 0.417 e. The number of carbonyl (C=O) groups excluding carboxylic acids is 2. The molecule has 35 heavy (non-hydrogen) atoms. The Kier molecular flexibility index (Phi) is 8.61. The van der Waals surface area contributed by atoms with E-state index >= 15 is 0 Å². The van der Waals surface area contributed by atoms with Crippen molar-refractivity contribution in [3.8, 4) is 5.75 Å². The van der Waals surface area contributed by atoms with Crippen LogP contribution in [-0.4, -0.2) is 42.1 Å². The molecule has 0 bridgehead atoms. The third kappa shape index (κ3) is 7.35. The normalized spacial score (nSPS) is 17.9. The standard InChI is InChI=1S/C24H24ClF3N2O5/c25-16-5-1-14(2-6-16)21(31)29-11-12-30-22(32)19-10-9-18(13-20(19)24(26,27)28)35-17-7-3-15(4-8-17)23(33)34/h1-2,5-6,9-10,13,15,17H,3-4,7-8,11-12H2,(H,29,31)(H,30,32)(H,33,34)/t15-,17+. The topological polar surface area (TPSA) is 105 Å². The van der Waals surface area contributed by atoms with Gasteiger partial charge in [0.2, 0.25) is 0 Å². The first-order valence-corrected chi connectivity index (χ1v) is 11.3. The maximum absolute atomic E-state index is 13.7. The van der Waals surface area contributed by atoms with E-state index in [0.717, 1.165) is 12.1 Å². The number of carbonyl (C=O) groups is 3. The molecule has 0 unspecified atom stereocenters. The van der Waals surface area contributed by atoms with E-state index in [4.69, 9.17) is 21.4 Å². The molecule has 3 rings (SSSR count). The Bertz CT molecular complexity index is 1070. The predicted molar refractivity (Wildman–Crippen MR) is 122 cm³/mol. The third-order valence-electron chi connectivity index (χ3n) is 5.67. The molecule has 1 fully saturated rings. The van der Waals surface area contributed by atoms with Crippen LogP contribution in [0.15, 0.2) is 42.5 Å². The first-order valence-electron chi connectivity index (χ1n) is 11.0. The van der Waals surface area contributed by atoms with Crippen LogP contribution in [0.3, 0.4) is 0 Å². The molecule has 0 radical (unpaired) electrons. The van der Waals surface area contributed by atoms with Gasteiger partial charge in [-0.1, -0.05) is 11.6 Å². The summed E-state index contributed by atoms with van der Waals surface area (Å²) in [7, 11) is 0. The molecule has 2 aromatic carbocycles. The van der Waals surface area contributed by atoms with Crippen LogP contribution in [0.4, 0.5) is 13.2 Å². The molecule has 2 aromatic rings. The van der Waals surface area contributed by atoms with Crippen LogP contribution >= 0.6 is 11.6 Å². The van der Waals surface area contributed by atoms with Gasteiger partial charge in [0.05, 0.1) is 23.1 Å². The van der Waals surface area contributed by atoms with Gasteiger partial charge in [-0.15, -0.1) is 0 Å². The van der Waals surface area contributed by atoms with Crippen molar-refractivity contribution in [2.75, 3.05) is 13.1 Å². The van der Waals surface area contributed by atoms with E-state index in [-0.39, 0.29) is 18.8 Å². The smallest absolute Gasteiger partial charge is 0.417 e. The quantitative estimate of drug-likeness (QED) is 0.450. The van der Waals surface area contributed by atoms with E-state index in [1.165, 1.54) is 18.2 Å². The summed E-state index contributed by atoms with van der Waals surface area (Å²) in [5, 5.41) is 14.5. The highest BCUT2D eigenvalue weighted by Crippen LogP contribution is 2.36. The number of halogens is 4. The molecule has 1 aliphatic carbocycles. The molecule has 0 aromatic heterocycles. The third-order valence-corrected chi connectivity index (χ3v) is 5.92. The Balaban J connectivity index is 1.57. The van der Waals surface area contributed by atoms with E-state index in [0.29, 0.717) is 36.3 Å². The summed E-state index contributed by atoms with van der Waals surface area (Å²) < 4.78 is 46.6. The van der Waals surface area contributed by atoms with Crippen molar-refractivity contribution in [3.05, 3.63) is 64.2 Å². The van der Waals surface area contributed by atoms with E-state index < -0.39 is 47.1 Å². The zero-order valence-corrected chi connectivity index (χ0v) is 19.3. The number of rotatable bonds is 8.